The number of hydrogen-bond donors (Lipinski definition) is 1. The van der Waals surface area contributed by atoms with Crippen LogP contribution in [0, 0.1) is 5.82 Å². The Labute approximate surface area is 111 Å². The monoisotopic (exact) mass is 312 g/mol. The van der Waals surface area contributed by atoms with E-state index in [4.69, 9.17) is 4.52 Å². The molecule has 0 aliphatic heterocycles. The molecule has 0 spiro atoms. The van der Waals surface area contributed by atoms with E-state index in [0.717, 1.165) is 0 Å². The van der Waals surface area contributed by atoms with Gasteiger partial charge in [0.1, 0.15) is 5.82 Å². The van der Waals surface area contributed by atoms with E-state index in [9.17, 15) is 9.50 Å². The number of aromatic nitrogens is 2. The van der Waals surface area contributed by atoms with Crippen molar-refractivity contribution in [3.8, 4) is 11.4 Å². The molecule has 0 bridgehead atoms. The molecular formula is C12H10BrFN2O2. The molecule has 1 aliphatic carbocycles. The highest BCUT2D eigenvalue weighted by Crippen LogP contribution is 2.37. The average molecular weight is 313 g/mol. The van der Waals surface area contributed by atoms with Crippen molar-refractivity contribution in [3.05, 3.63) is 34.4 Å². The van der Waals surface area contributed by atoms with E-state index in [-0.39, 0.29) is 17.8 Å². The molecule has 0 saturated heterocycles. The number of halogens is 2. The minimum absolute atomic E-state index is 0.119. The molecule has 4 nitrogen and oxygen atoms in total. The molecule has 1 aromatic heterocycles. The Bertz CT molecular complexity index is 581. The number of nitrogens with zero attached hydrogens (tertiary/aromatic N) is 2. The van der Waals surface area contributed by atoms with Gasteiger partial charge in [0.2, 0.25) is 11.7 Å². The van der Waals surface area contributed by atoms with Crippen molar-refractivity contribution in [2.45, 2.75) is 24.9 Å². The van der Waals surface area contributed by atoms with Crippen molar-refractivity contribution in [3.63, 3.8) is 0 Å². The van der Waals surface area contributed by atoms with Crippen LogP contribution >= 0.6 is 15.9 Å². The third kappa shape index (κ3) is 2.06. The van der Waals surface area contributed by atoms with Crippen molar-refractivity contribution >= 4 is 15.9 Å². The zero-order valence-electron chi connectivity index (χ0n) is 9.31. The third-order valence-electron chi connectivity index (χ3n) is 3.07. The summed E-state index contributed by atoms with van der Waals surface area (Å²) in [6, 6.07) is 4.32. The smallest absolute Gasteiger partial charge is 0.230 e. The molecule has 1 saturated carbocycles. The van der Waals surface area contributed by atoms with E-state index in [0.29, 0.717) is 34.6 Å². The lowest BCUT2D eigenvalue weighted by Gasteiger charge is -2.27. The van der Waals surface area contributed by atoms with Gasteiger partial charge in [0.05, 0.1) is 6.10 Å². The quantitative estimate of drug-likeness (QED) is 0.926. The summed E-state index contributed by atoms with van der Waals surface area (Å²) < 4.78 is 19.1. The Hall–Kier alpha value is -1.27. The molecule has 1 heterocycles. The fourth-order valence-corrected chi connectivity index (χ4v) is 2.39. The summed E-state index contributed by atoms with van der Waals surface area (Å²) in [7, 11) is 0. The lowest BCUT2D eigenvalue weighted by molar-refractivity contribution is 0.0625. The largest absolute Gasteiger partial charge is 0.393 e. The Kier molecular flexibility index (Phi) is 2.91. The standard InChI is InChI=1S/C12H10BrFN2O2/c13-10-2-1-7(14)5-9(10)11-15-12(18-16-11)6-3-8(17)4-6/h1-2,5-6,8,17H,3-4H2. The van der Waals surface area contributed by atoms with E-state index in [2.05, 4.69) is 26.1 Å². The van der Waals surface area contributed by atoms with Gasteiger partial charge in [-0.05, 0) is 31.0 Å². The van der Waals surface area contributed by atoms with Gasteiger partial charge >= 0.3 is 0 Å². The first-order valence-corrected chi connectivity index (χ1v) is 6.40. The SMILES string of the molecule is OC1CC(c2nc(-c3cc(F)ccc3Br)no2)C1. The first-order chi connectivity index (χ1) is 8.63. The zero-order valence-corrected chi connectivity index (χ0v) is 10.9. The Morgan fingerprint density at radius 2 is 2.17 bits per heavy atom. The summed E-state index contributed by atoms with van der Waals surface area (Å²) in [6.45, 7) is 0. The first kappa shape index (κ1) is 11.8. The number of aliphatic hydroxyl groups is 1. The van der Waals surface area contributed by atoms with Crippen LogP contribution in [0.15, 0.2) is 27.2 Å². The molecule has 2 aromatic rings. The average Bonchev–Trinajstić information content (AvgIpc) is 2.77. The van der Waals surface area contributed by atoms with Crippen molar-refractivity contribution in [1.29, 1.82) is 0 Å². The normalized spacial score (nSPS) is 22.8. The summed E-state index contributed by atoms with van der Waals surface area (Å²) in [5, 5.41) is 13.1. The van der Waals surface area contributed by atoms with Gasteiger partial charge in [-0.1, -0.05) is 21.1 Å². The summed E-state index contributed by atoms with van der Waals surface area (Å²) in [5.74, 6) is 0.636. The van der Waals surface area contributed by atoms with Crippen molar-refractivity contribution in [2.75, 3.05) is 0 Å². The Balaban J connectivity index is 1.90. The fourth-order valence-electron chi connectivity index (χ4n) is 1.97. The van der Waals surface area contributed by atoms with Crippen LogP contribution in [-0.2, 0) is 0 Å². The molecule has 3 rings (SSSR count). The number of hydrogen-bond acceptors (Lipinski definition) is 4. The summed E-state index contributed by atoms with van der Waals surface area (Å²) in [6.07, 6.45) is 1.02. The van der Waals surface area contributed by atoms with Gasteiger partial charge in [-0.25, -0.2) is 4.39 Å². The highest BCUT2D eigenvalue weighted by molar-refractivity contribution is 9.10. The van der Waals surface area contributed by atoms with Gasteiger partial charge in [-0.2, -0.15) is 4.98 Å². The maximum absolute atomic E-state index is 13.2. The second kappa shape index (κ2) is 4.44. The van der Waals surface area contributed by atoms with Crippen LogP contribution < -0.4 is 0 Å². The summed E-state index contributed by atoms with van der Waals surface area (Å²) in [5.41, 5.74) is 0.560. The lowest BCUT2D eigenvalue weighted by atomic mass is 9.82. The molecule has 0 atom stereocenters. The van der Waals surface area contributed by atoms with E-state index < -0.39 is 0 Å². The highest BCUT2D eigenvalue weighted by Gasteiger charge is 2.33. The maximum Gasteiger partial charge on any atom is 0.230 e. The van der Waals surface area contributed by atoms with Crippen molar-refractivity contribution in [1.82, 2.24) is 10.1 Å². The predicted octanol–water partition coefficient (Wildman–Crippen LogP) is 2.88. The molecule has 0 radical (unpaired) electrons. The molecule has 94 valence electrons. The molecule has 18 heavy (non-hydrogen) atoms. The van der Waals surface area contributed by atoms with Crippen LogP contribution in [0.2, 0.25) is 0 Å². The zero-order chi connectivity index (χ0) is 12.7. The van der Waals surface area contributed by atoms with E-state index in [1.807, 2.05) is 0 Å². The van der Waals surface area contributed by atoms with Gasteiger partial charge in [0.15, 0.2) is 0 Å². The van der Waals surface area contributed by atoms with Crippen LogP contribution in [0.1, 0.15) is 24.7 Å². The minimum atomic E-state index is -0.349. The van der Waals surface area contributed by atoms with Crippen LogP contribution in [-0.4, -0.2) is 21.4 Å². The maximum atomic E-state index is 13.2. The summed E-state index contributed by atoms with van der Waals surface area (Å²) in [4.78, 5) is 4.25. The Morgan fingerprint density at radius 1 is 1.39 bits per heavy atom. The van der Waals surface area contributed by atoms with Gasteiger partial charge < -0.3 is 9.63 Å². The van der Waals surface area contributed by atoms with Crippen molar-refractivity contribution in [2.24, 2.45) is 0 Å². The van der Waals surface area contributed by atoms with E-state index in [1.54, 1.807) is 6.07 Å². The van der Waals surface area contributed by atoms with Crippen LogP contribution in [0.4, 0.5) is 4.39 Å². The molecule has 0 unspecified atom stereocenters. The highest BCUT2D eigenvalue weighted by atomic mass is 79.9. The predicted molar refractivity (Wildman–Crippen MR) is 65.4 cm³/mol. The molecule has 0 amide bonds. The first-order valence-electron chi connectivity index (χ1n) is 5.60. The molecule has 1 aromatic carbocycles. The van der Waals surface area contributed by atoms with Gasteiger partial charge in [-0.15, -0.1) is 0 Å². The number of rotatable bonds is 2. The fraction of sp³-hybridized carbons (Fsp3) is 0.333. The third-order valence-corrected chi connectivity index (χ3v) is 3.76. The second-order valence-corrected chi connectivity index (χ2v) is 5.26. The van der Waals surface area contributed by atoms with Crippen molar-refractivity contribution < 1.29 is 14.0 Å². The van der Waals surface area contributed by atoms with Crippen LogP contribution in [0.5, 0.6) is 0 Å². The minimum Gasteiger partial charge on any atom is -0.393 e. The van der Waals surface area contributed by atoms with Gasteiger partial charge in [0.25, 0.3) is 0 Å². The second-order valence-electron chi connectivity index (χ2n) is 4.40. The summed E-state index contributed by atoms with van der Waals surface area (Å²) >= 11 is 3.33. The van der Waals surface area contributed by atoms with E-state index in [1.165, 1.54) is 12.1 Å². The number of benzene rings is 1. The van der Waals surface area contributed by atoms with Crippen LogP contribution in [0.25, 0.3) is 11.4 Å². The Morgan fingerprint density at radius 3 is 2.89 bits per heavy atom. The molecule has 1 fully saturated rings. The lowest BCUT2D eigenvalue weighted by Crippen LogP contribution is -2.26. The molecule has 1 N–H and O–H groups in total. The topological polar surface area (TPSA) is 59.2 Å². The molecular weight excluding hydrogens is 303 g/mol. The van der Waals surface area contributed by atoms with Gasteiger partial charge in [-0.3, -0.25) is 0 Å². The van der Waals surface area contributed by atoms with Gasteiger partial charge in [0, 0.05) is 16.0 Å². The van der Waals surface area contributed by atoms with Crippen LogP contribution in [0.3, 0.4) is 0 Å². The number of aliphatic hydroxyl groups excluding tert-OH is 1. The molecule has 6 heteroatoms. The van der Waals surface area contributed by atoms with E-state index >= 15 is 0 Å². The molecule has 1 aliphatic rings.